The summed E-state index contributed by atoms with van der Waals surface area (Å²) in [5.41, 5.74) is 8.05. The van der Waals surface area contributed by atoms with E-state index >= 15 is 0 Å². The van der Waals surface area contributed by atoms with Crippen LogP contribution >= 0.6 is 11.3 Å². The predicted octanol–water partition coefficient (Wildman–Crippen LogP) is 2.50. The molecule has 3 N–H and O–H groups in total. The molecule has 1 aromatic carbocycles. The molecule has 2 aromatic rings. The van der Waals surface area contributed by atoms with Crippen LogP contribution in [0.3, 0.4) is 0 Å². The number of benzene rings is 1. The number of amides is 1. The van der Waals surface area contributed by atoms with E-state index < -0.39 is 0 Å². The van der Waals surface area contributed by atoms with E-state index in [1.807, 2.05) is 6.92 Å². The third kappa shape index (κ3) is 5.24. The SMILES string of the molecule is Cc1ccc(Cc2nnc(NC(=O)CCC(C)N)s2)cc1. The molecule has 0 aliphatic carbocycles. The lowest BCUT2D eigenvalue weighted by atomic mass is 10.1. The minimum Gasteiger partial charge on any atom is -0.328 e. The zero-order chi connectivity index (χ0) is 15.2. The second-order valence-corrected chi connectivity index (χ2v) is 6.29. The Morgan fingerprint density at radius 1 is 1.33 bits per heavy atom. The van der Waals surface area contributed by atoms with Gasteiger partial charge in [-0.05, 0) is 25.8 Å². The first kappa shape index (κ1) is 15.6. The average Bonchev–Trinajstić information content (AvgIpc) is 2.86. The summed E-state index contributed by atoms with van der Waals surface area (Å²) in [4.78, 5) is 11.7. The molecular weight excluding hydrogens is 284 g/mol. The van der Waals surface area contributed by atoms with Gasteiger partial charge in [0, 0.05) is 18.9 Å². The van der Waals surface area contributed by atoms with Crippen molar-refractivity contribution < 1.29 is 4.79 Å². The van der Waals surface area contributed by atoms with Crippen LogP contribution in [0.15, 0.2) is 24.3 Å². The lowest BCUT2D eigenvalue weighted by Crippen LogP contribution is -2.19. The van der Waals surface area contributed by atoms with Crippen LogP contribution in [0.1, 0.15) is 35.9 Å². The molecule has 0 radical (unpaired) electrons. The van der Waals surface area contributed by atoms with E-state index in [0.29, 0.717) is 18.0 Å². The number of nitrogens with zero attached hydrogens (tertiary/aromatic N) is 2. The zero-order valence-corrected chi connectivity index (χ0v) is 13.1. The van der Waals surface area contributed by atoms with Crippen LogP contribution in [0.2, 0.25) is 0 Å². The smallest absolute Gasteiger partial charge is 0.226 e. The third-order valence-corrected chi connectivity index (χ3v) is 3.85. The summed E-state index contributed by atoms with van der Waals surface area (Å²) in [7, 11) is 0. The molecule has 21 heavy (non-hydrogen) atoms. The first-order chi connectivity index (χ1) is 10.0. The van der Waals surface area contributed by atoms with Gasteiger partial charge in [-0.2, -0.15) is 0 Å². The third-order valence-electron chi connectivity index (χ3n) is 3.02. The van der Waals surface area contributed by atoms with Crippen molar-refractivity contribution in [2.75, 3.05) is 5.32 Å². The number of anilines is 1. The molecule has 0 bridgehead atoms. The molecular formula is C15H20N4OS. The van der Waals surface area contributed by atoms with Crippen molar-refractivity contribution in [3.05, 3.63) is 40.4 Å². The van der Waals surface area contributed by atoms with Gasteiger partial charge in [0.05, 0.1) is 0 Å². The van der Waals surface area contributed by atoms with Crippen LogP contribution in [0.4, 0.5) is 5.13 Å². The molecule has 0 aliphatic rings. The number of nitrogens with two attached hydrogens (primary N) is 1. The van der Waals surface area contributed by atoms with E-state index in [-0.39, 0.29) is 11.9 Å². The van der Waals surface area contributed by atoms with Gasteiger partial charge in [0.1, 0.15) is 5.01 Å². The fraction of sp³-hybridized carbons (Fsp3) is 0.400. The highest BCUT2D eigenvalue weighted by Crippen LogP contribution is 2.19. The van der Waals surface area contributed by atoms with Gasteiger partial charge in [-0.15, -0.1) is 10.2 Å². The Kier molecular flexibility index (Phi) is 5.41. The molecule has 1 aromatic heterocycles. The van der Waals surface area contributed by atoms with Gasteiger partial charge in [0.2, 0.25) is 11.0 Å². The Hall–Kier alpha value is -1.79. The van der Waals surface area contributed by atoms with Crippen molar-refractivity contribution in [1.29, 1.82) is 0 Å². The lowest BCUT2D eigenvalue weighted by molar-refractivity contribution is -0.116. The lowest BCUT2D eigenvalue weighted by Gasteiger charge is -2.03. The number of carbonyl (C=O) groups is 1. The molecule has 1 unspecified atom stereocenters. The van der Waals surface area contributed by atoms with Gasteiger partial charge < -0.3 is 11.1 Å². The Morgan fingerprint density at radius 2 is 2.05 bits per heavy atom. The van der Waals surface area contributed by atoms with Crippen molar-refractivity contribution in [1.82, 2.24) is 10.2 Å². The Bertz CT molecular complexity index is 592. The second kappa shape index (κ2) is 7.28. The first-order valence-electron chi connectivity index (χ1n) is 6.96. The molecule has 0 aliphatic heterocycles. The summed E-state index contributed by atoms with van der Waals surface area (Å²) in [6.07, 6.45) is 1.80. The first-order valence-corrected chi connectivity index (χ1v) is 7.78. The number of carbonyl (C=O) groups excluding carboxylic acids is 1. The van der Waals surface area contributed by atoms with Gasteiger partial charge in [0.25, 0.3) is 0 Å². The summed E-state index contributed by atoms with van der Waals surface area (Å²) < 4.78 is 0. The fourth-order valence-electron chi connectivity index (χ4n) is 1.80. The van der Waals surface area contributed by atoms with Gasteiger partial charge in [-0.25, -0.2) is 0 Å². The second-order valence-electron chi connectivity index (χ2n) is 5.23. The van der Waals surface area contributed by atoms with E-state index in [9.17, 15) is 4.79 Å². The number of aryl methyl sites for hydroxylation is 1. The number of aromatic nitrogens is 2. The maximum absolute atomic E-state index is 11.7. The van der Waals surface area contributed by atoms with Crippen LogP contribution < -0.4 is 11.1 Å². The van der Waals surface area contributed by atoms with E-state index in [0.717, 1.165) is 11.4 Å². The highest BCUT2D eigenvalue weighted by atomic mass is 32.1. The summed E-state index contributed by atoms with van der Waals surface area (Å²) >= 11 is 1.41. The van der Waals surface area contributed by atoms with Crippen molar-refractivity contribution in [2.45, 2.75) is 39.2 Å². The standard InChI is InChI=1S/C15H20N4OS/c1-10-3-6-12(7-4-10)9-14-18-19-15(21-14)17-13(20)8-5-11(2)16/h3-4,6-7,11H,5,8-9,16H2,1-2H3,(H,17,19,20). The monoisotopic (exact) mass is 304 g/mol. The molecule has 0 saturated heterocycles. The van der Waals surface area contributed by atoms with Crippen molar-refractivity contribution >= 4 is 22.4 Å². The maximum Gasteiger partial charge on any atom is 0.226 e. The molecule has 1 heterocycles. The van der Waals surface area contributed by atoms with E-state index in [2.05, 4.69) is 46.7 Å². The molecule has 2 rings (SSSR count). The summed E-state index contributed by atoms with van der Waals surface area (Å²) in [5, 5.41) is 12.3. The van der Waals surface area contributed by atoms with E-state index in [1.165, 1.54) is 22.5 Å². The van der Waals surface area contributed by atoms with Crippen LogP contribution in [0.5, 0.6) is 0 Å². The van der Waals surface area contributed by atoms with Crippen LogP contribution in [-0.2, 0) is 11.2 Å². The summed E-state index contributed by atoms with van der Waals surface area (Å²) in [6, 6.07) is 8.34. The molecule has 112 valence electrons. The van der Waals surface area contributed by atoms with Gasteiger partial charge in [-0.3, -0.25) is 4.79 Å². The molecule has 5 nitrogen and oxygen atoms in total. The van der Waals surface area contributed by atoms with E-state index in [4.69, 9.17) is 5.73 Å². The van der Waals surface area contributed by atoms with Gasteiger partial charge in [-0.1, -0.05) is 41.2 Å². The number of rotatable bonds is 6. The highest BCUT2D eigenvalue weighted by Gasteiger charge is 2.09. The zero-order valence-electron chi connectivity index (χ0n) is 12.3. The van der Waals surface area contributed by atoms with Crippen LogP contribution in [0, 0.1) is 6.92 Å². The average molecular weight is 304 g/mol. The normalized spacial score (nSPS) is 12.1. The summed E-state index contributed by atoms with van der Waals surface area (Å²) in [6.45, 7) is 3.95. The molecule has 1 atom stereocenters. The minimum absolute atomic E-state index is 0.0299. The molecule has 1 amide bonds. The van der Waals surface area contributed by atoms with Gasteiger partial charge >= 0.3 is 0 Å². The predicted molar refractivity (Wildman–Crippen MR) is 85.4 cm³/mol. The number of nitrogens with one attached hydrogen (secondary N) is 1. The number of hydrogen-bond acceptors (Lipinski definition) is 5. The highest BCUT2D eigenvalue weighted by molar-refractivity contribution is 7.15. The van der Waals surface area contributed by atoms with E-state index in [1.54, 1.807) is 0 Å². The minimum atomic E-state index is -0.0645. The summed E-state index contributed by atoms with van der Waals surface area (Å²) in [5.74, 6) is -0.0645. The topological polar surface area (TPSA) is 80.9 Å². The molecule has 0 fully saturated rings. The Morgan fingerprint density at radius 3 is 2.71 bits per heavy atom. The fourth-order valence-corrected chi connectivity index (χ4v) is 2.59. The van der Waals surface area contributed by atoms with Crippen molar-refractivity contribution in [2.24, 2.45) is 5.73 Å². The Balaban J connectivity index is 1.89. The van der Waals surface area contributed by atoms with Gasteiger partial charge in [0.15, 0.2) is 0 Å². The maximum atomic E-state index is 11.7. The molecule has 0 saturated carbocycles. The molecule has 0 spiro atoms. The Labute approximate surface area is 128 Å². The van der Waals surface area contributed by atoms with Crippen molar-refractivity contribution in [3.8, 4) is 0 Å². The van der Waals surface area contributed by atoms with Crippen molar-refractivity contribution in [3.63, 3.8) is 0 Å². The van der Waals surface area contributed by atoms with Crippen LogP contribution in [-0.4, -0.2) is 22.1 Å². The largest absolute Gasteiger partial charge is 0.328 e. The molecule has 6 heteroatoms. The quantitative estimate of drug-likeness (QED) is 0.859. The van der Waals surface area contributed by atoms with Crippen LogP contribution in [0.25, 0.3) is 0 Å². The number of hydrogen-bond donors (Lipinski definition) is 2.